The lowest BCUT2D eigenvalue weighted by Crippen LogP contribution is -2.30. The highest BCUT2D eigenvalue weighted by Gasteiger charge is 2.36. The zero-order chi connectivity index (χ0) is 20.9. The van der Waals surface area contributed by atoms with E-state index in [1.807, 2.05) is 42.5 Å². The summed E-state index contributed by atoms with van der Waals surface area (Å²) < 4.78 is 23.4. The van der Waals surface area contributed by atoms with Crippen LogP contribution in [0.25, 0.3) is 0 Å². The van der Waals surface area contributed by atoms with Crippen molar-refractivity contribution in [2.45, 2.75) is 31.7 Å². The Balaban J connectivity index is 1.54. The van der Waals surface area contributed by atoms with Gasteiger partial charge in [-0.2, -0.15) is 0 Å². The average molecular weight is 412 g/mol. The summed E-state index contributed by atoms with van der Waals surface area (Å²) in [5.74, 6) is 0.582. The maximum Gasteiger partial charge on any atom is 0.303 e. The monoisotopic (exact) mass is 412 g/mol. The Hall–Kier alpha value is -3.03. The second-order valence-corrected chi connectivity index (χ2v) is 7.26. The molecule has 2 aliphatic heterocycles. The number of benzene rings is 2. The van der Waals surface area contributed by atoms with E-state index in [0.29, 0.717) is 36.5 Å². The predicted molar refractivity (Wildman–Crippen MR) is 107 cm³/mol. The van der Waals surface area contributed by atoms with Gasteiger partial charge in [-0.3, -0.25) is 4.79 Å². The van der Waals surface area contributed by atoms with E-state index in [2.05, 4.69) is 0 Å². The van der Waals surface area contributed by atoms with E-state index in [4.69, 9.17) is 24.1 Å². The first kappa shape index (κ1) is 20.3. The highest BCUT2D eigenvalue weighted by atomic mass is 16.7. The molecule has 0 aliphatic carbocycles. The van der Waals surface area contributed by atoms with Crippen LogP contribution in [0, 0.1) is 5.92 Å². The molecule has 3 unspecified atom stereocenters. The zero-order valence-electron chi connectivity index (χ0n) is 16.4. The average Bonchev–Trinajstić information content (AvgIpc) is 3.23. The topological polar surface area (TPSA) is 94.5 Å². The Bertz CT molecular complexity index is 924. The Kier molecular flexibility index (Phi) is 6.21. The second kappa shape index (κ2) is 9.19. The minimum Gasteiger partial charge on any atom is -0.508 e. The SMILES string of the molecule is O=C(O)CCC=CCC1COC(c2cccc3c2OCO3)OC1c1ccccc1O. The van der Waals surface area contributed by atoms with Crippen LogP contribution in [0.15, 0.2) is 54.6 Å². The molecule has 7 nitrogen and oxygen atoms in total. The third-order valence-electron chi connectivity index (χ3n) is 5.21. The minimum atomic E-state index is -0.819. The number of ether oxygens (including phenoxy) is 4. The maximum atomic E-state index is 10.7. The van der Waals surface area contributed by atoms with Crippen molar-refractivity contribution >= 4 is 5.97 Å². The lowest BCUT2D eigenvalue weighted by Gasteiger charge is -2.37. The first-order valence-electron chi connectivity index (χ1n) is 9.93. The molecule has 0 radical (unpaired) electrons. The van der Waals surface area contributed by atoms with Crippen LogP contribution in [-0.2, 0) is 14.3 Å². The summed E-state index contributed by atoms with van der Waals surface area (Å²) >= 11 is 0. The molecule has 0 spiro atoms. The summed E-state index contributed by atoms with van der Waals surface area (Å²) in [7, 11) is 0. The molecular formula is C23H24O7. The minimum absolute atomic E-state index is 0.0374. The quantitative estimate of drug-likeness (QED) is 0.654. The third kappa shape index (κ3) is 4.42. The molecule has 1 fully saturated rings. The largest absolute Gasteiger partial charge is 0.508 e. The highest BCUT2D eigenvalue weighted by Crippen LogP contribution is 2.46. The molecule has 7 heteroatoms. The number of rotatable bonds is 7. The molecule has 0 amide bonds. The first-order valence-corrected chi connectivity index (χ1v) is 9.93. The molecule has 2 aromatic rings. The van der Waals surface area contributed by atoms with Gasteiger partial charge >= 0.3 is 5.97 Å². The van der Waals surface area contributed by atoms with Crippen molar-refractivity contribution < 1.29 is 34.0 Å². The van der Waals surface area contributed by atoms with Gasteiger partial charge in [-0.25, -0.2) is 0 Å². The van der Waals surface area contributed by atoms with Crippen LogP contribution in [0.4, 0.5) is 0 Å². The van der Waals surface area contributed by atoms with Crippen molar-refractivity contribution in [2.24, 2.45) is 5.92 Å². The molecule has 0 saturated carbocycles. The lowest BCUT2D eigenvalue weighted by molar-refractivity contribution is -0.244. The predicted octanol–water partition coefficient (Wildman–Crippen LogP) is 4.33. The van der Waals surface area contributed by atoms with Crippen molar-refractivity contribution in [3.8, 4) is 17.2 Å². The summed E-state index contributed by atoms with van der Waals surface area (Å²) in [5.41, 5.74) is 1.44. The van der Waals surface area contributed by atoms with Gasteiger partial charge in [0.2, 0.25) is 6.79 Å². The van der Waals surface area contributed by atoms with E-state index < -0.39 is 18.4 Å². The van der Waals surface area contributed by atoms with Crippen molar-refractivity contribution in [1.82, 2.24) is 0 Å². The third-order valence-corrected chi connectivity index (χ3v) is 5.21. The van der Waals surface area contributed by atoms with Gasteiger partial charge in [0.05, 0.1) is 18.3 Å². The van der Waals surface area contributed by atoms with Crippen molar-refractivity contribution in [2.75, 3.05) is 13.4 Å². The number of phenolic OH excluding ortho intramolecular Hbond substituents is 1. The van der Waals surface area contributed by atoms with Crippen molar-refractivity contribution in [1.29, 1.82) is 0 Å². The Morgan fingerprint density at radius 2 is 1.90 bits per heavy atom. The van der Waals surface area contributed by atoms with Crippen LogP contribution in [0.3, 0.4) is 0 Å². The second-order valence-electron chi connectivity index (χ2n) is 7.26. The van der Waals surface area contributed by atoms with Gasteiger partial charge in [-0.15, -0.1) is 0 Å². The van der Waals surface area contributed by atoms with Gasteiger partial charge in [0.1, 0.15) is 5.75 Å². The summed E-state index contributed by atoms with van der Waals surface area (Å²) in [6.45, 7) is 0.573. The molecule has 2 N–H and O–H groups in total. The van der Waals surface area contributed by atoms with E-state index in [0.717, 1.165) is 5.56 Å². The molecular weight excluding hydrogens is 388 g/mol. The number of carbonyl (C=O) groups is 1. The van der Waals surface area contributed by atoms with E-state index in [-0.39, 0.29) is 24.9 Å². The number of allylic oxidation sites excluding steroid dienone is 2. The molecule has 2 aliphatic rings. The number of hydrogen-bond donors (Lipinski definition) is 2. The number of para-hydroxylation sites is 2. The fraction of sp³-hybridized carbons (Fsp3) is 0.348. The first-order chi connectivity index (χ1) is 14.6. The van der Waals surface area contributed by atoms with Gasteiger partial charge < -0.3 is 29.2 Å². The Morgan fingerprint density at radius 1 is 1.07 bits per heavy atom. The van der Waals surface area contributed by atoms with Crippen molar-refractivity contribution in [3.63, 3.8) is 0 Å². The van der Waals surface area contributed by atoms with Gasteiger partial charge in [0, 0.05) is 17.9 Å². The van der Waals surface area contributed by atoms with Crippen molar-refractivity contribution in [3.05, 3.63) is 65.7 Å². The highest BCUT2D eigenvalue weighted by molar-refractivity contribution is 5.66. The fourth-order valence-electron chi connectivity index (χ4n) is 3.73. The van der Waals surface area contributed by atoms with Crippen LogP contribution in [0.5, 0.6) is 17.2 Å². The Morgan fingerprint density at radius 3 is 2.73 bits per heavy atom. The van der Waals surface area contributed by atoms with Crippen LogP contribution < -0.4 is 9.47 Å². The van der Waals surface area contributed by atoms with E-state index in [9.17, 15) is 9.90 Å². The molecule has 3 atom stereocenters. The van der Waals surface area contributed by atoms with Crippen LogP contribution >= 0.6 is 0 Å². The number of fused-ring (bicyclic) bond motifs is 1. The van der Waals surface area contributed by atoms with E-state index in [1.165, 1.54) is 0 Å². The number of aliphatic carboxylic acids is 1. The smallest absolute Gasteiger partial charge is 0.303 e. The van der Waals surface area contributed by atoms with E-state index >= 15 is 0 Å². The normalized spacial score (nSPS) is 23.0. The van der Waals surface area contributed by atoms with Gasteiger partial charge in [0.15, 0.2) is 17.8 Å². The number of aromatic hydroxyl groups is 1. The van der Waals surface area contributed by atoms with E-state index in [1.54, 1.807) is 12.1 Å². The Labute approximate surface area is 174 Å². The molecule has 2 aromatic carbocycles. The number of phenols is 1. The summed E-state index contributed by atoms with van der Waals surface area (Å²) in [6.07, 6.45) is 3.97. The van der Waals surface area contributed by atoms with Gasteiger partial charge in [-0.1, -0.05) is 36.4 Å². The summed E-state index contributed by atoms with van der Waals surface area (Å²) in [5, 5.41) is 19.2. The molecule has 0 aromatic heterocycles. The molecule has 2 heterocycles. The number of carboxylic acids is 1. The van der Waals surface area contributed by atoms with Crippen LogP contribution in [0.2, 0.25) is 0 Å². The van der Waals surface area contributed by atoms with Gasteiger partial charge in [-0.05, 0) is 31.0 Å². The number of carboxylic acid groups (broad SMARTS) is 1. The number of hydrogen-bond acceptors (Lipinski definition) is 6. The molecule has 1 saturated heterocycles. The summed E-state index contributed by atoms with van der Waals surface area (Å²) in [6, 6.07) is 12.7. The lowest BCUT2D eigenvalue weighted by atomic mass is 9.91. The molecule has 0 bridgehead atoms. The molecule has 4 rings (SSSR count). The summed E-state index contributed by atoms with van der Waals surface area (Å²) in [4.78, 5) is 10.7. The van der Waals surface area contributed by atoms with Gasteiger partial charge in [0.25, 0.3) is 0 Å². The molecule has 158 valence electrons. The van der Waals surface area contributed by atoms with Crippen LogP contribution in [0.1, 0.15) is 42.8 Å². The molecule has 30 heavy (non-hydrogen) atoms. The standard InChI is InChI=1S/C23H24O7/c24-18-10-5-4-8-16(18)21-15(7-2-1-3-12-20(25)26)13-27-23(30-21)17-9-6-11-19-22(17)29-14-28-19/h1-2,4-6,8-11,15,21,23-24H,3,7,12-14H2,(H,25,26). The van der Waals surface area contributed by atoms with Crippen LogP contribution in [-0.4, -0.2) is 29.6 Å². The zero-order valence-corrected chi connectivity index (χ0v) is 16.4. The fourth-order valence-corrected chi connectivity index (χ4v) is 3.73. The maximum absolute atomic E-state index is 10.7.